The number of fused-ring (bicyclic) bond motifs is 1. The Morgan fingerprint density at radius 2 is 2.00 bits per heavy atom. The van der Waals surface area contributed by atoms with E-state index in [9.17, 15) is 9.59 Å². The largest absolute Gasteiger partial charge is 0.493 e. The maximum atomic E-state index is 12.9. The predicted molar refractivity (Wildman–Crippen MR) is 127 cm³/mol. The molecule has 0 bridgehead atoms. The van der Waals surface area contributed by atoms with E-state index >= 15 is 0 Å². The summed E-state index contributed by atoms with van der Waals surface area (Å²) in [6.07, 6.45) is 1.55. The summed E-state index contributed by atoms with van der Waals surface area (Å²) in [5.74, 6) is 1.27. The Kier molecular flexibility index (Phi) is 7.05. The number of methoxy groups -OCH3 is 1. The van der Waals surface area contributed by atoms with Crippen molar-refractivity contribution in [1.82, 2.24) is 14.6 Å². The van der Waals surface area contributed by atoms with Gasteiger partial charge in [-0.3, -0.25) is 9.59 Å². The number of amides is 1. The van der Waals surface area contributed by atoms with Gasteiger partial charge in [0.05, 0.1) is 37.4 Å². The van der Waals surface area contributed by atoms with Gasteiger partial charge in [0.25, 0.3) is 11.5 Å². The number of rotatable bonds is 6. The van der Waals surface area contributed by atoms with Crippen LogP contribution in [0.3, 0.4) is 0 Å². The molecule has 3 aromatic rings. The summed E-state index contributed by atoms with van der Waals surface area (Å²) < 4.78 is 18.4. The normalized spacial score (nSPS) is 14.1. The van der Waals surface area contributed by atoms with E-state index in [-0.39, 0.29) is 18.1 Å². The first kappa shape index (κ1) is 22.9. The molecule has 1 aromatic heterocycles. The molecule has 0 N–H and O–H groups in total. The molecule has 4 rings (SSSR count). The molecule has 172 valence electrons. The molecule has 33 heavy (non-hydrogen) atoms. The molecule has 1 aliphatic rings. The second-order valence-electron chi connectivity index (χ2n) is 7.37. The van der Waals surface area contributed by atoms with E-state index in [4.69, 9.17) is 14.2 Å². The second kappa shape index (κ2) is 10.1. The smallest absolute Gasteiger partial charge is 0.282 e. The molecular formula is C23H23BrN4O5. The number of hydrogen-bond donors (Lipinski definition) is 0. The van der Waals surface area contributed by atoms with E-state index in [1.165, 1.54) is 11.8 Å². The zero-order valence-electron chi connectivity index (χ0n) is 18.3. The number of morpholine rings is 1. The van der Waals surface area contributed by atoms with E-state index in [1.807, 2.05) is 6.07 Å². The monoisotopic (exact) mass is 514 g/mol. The quantitative estimate of drug-likeness (QED) is 0.469. The van der Waals surface area contributed by atoms with Crippen LogP contribution in [0.1, 0.15) is 11.4 Å². The van der Waals surface area contributed by atoms with Crippen molar-refractivity contribution in [1.29, 1.82) is 0 Å². The lowest BCUT2D eigenvalue weighted by atomic mass is 10.2. The first-order valence-corrected chi connectivity index (χ1v) is 11.1. The molecule has 0 aliphatic carbocycles. The van der Waals surface area contributed by atoms with Gasteiger partial charge in [-0.05, 0) is 48.9 Å². The molecule has 0 atom stereocenters. The average molecular weight is 515 g/mol. The standard InChI is InChI=1S/C23H23BrN4O5/c1-15-26-19-5-4-17(24)12-18(19)23(30)28(15)25-13-16-3-6-20(21(11-16)31-2)33-14-22(29)27-7-9-32-10-8-27/h3-6,11-13H,7-10,14H2,1-2H3. The number of nitrogens with zero attached hydrogens (tertiary/aromatic N) is 4. The van der Waals surface area contributed by atoms with Gasteiger partial charge >= 0.3 is 0 Å². The predicted octanol–water partition coefficient (Wildman–Crippen LogP) is 2.60. The SMILES string of the molecule is COc1cc(C=Nn2c(C)nc3ccc(Br)cc3c2=O)ccc1OCC(=O)N1CCOCC1. The van der Waals surface area contributed by atoms with E-state index < -0.39 is 0 Å². The number of carbonyl (C=O) groups excluding carboxylic acids is 1. The summed E-state index contributed by atoms with van der Waals surface area (Å²) >= 11 is 3.38. The third kappa shape index (κ3) is 5.23. The van der Waals surface area contributed by atoms with Crippen LogP contribution in [-0.2, 0) is 9.53 Å². The third-order valence-electron chi connectivity index (χ3n) is 5.20. The third-order valence-corrected chi connectivity index (χ3v) is 5.69. The fourth-order valence-electron chi connectivity index (χ4n) is 3.45. The van der Waals surface area contributed by atoms with Gasteiger partial charge in [0.2, 0.25) is 0 Å². The summed E-state index contributed by atoms with van der Waals surface area (Å²) in [6, 6.07) is 10.6. The Bertz CT molecular complexity index is 1270. The Balaban J connectivity index is 1.52. The van der Waals surface area contributed by atoms with E-state index in [1.54, 1.807) is 48.4 Å². The fourth-order valence-corrected chi connectivity index (χ4v) is 3.81. The van der Waals surface area contributed by atoms with Crippen LogP contribution in [-0.4, -0.2) is 66.7 Å². The van der Waals surface area contributed by atoms with Crippen LogP contribution in [0.2, 0.25) is 0 Å². The Morgan fingerprint density at radius 3 is 2.76 bits per heavy atom. The van der Waals surface area contributed by atoms with E-state index in [2.05, 4.69) is 26.0 Å². The van der Waals surface area contributed by atoms with Gasteiger partial charge in [-0.25, -0.2) is 4.98 Å². The van der Waals surface area contributed by atoms with Crippen molar-refractivity contribution in [3.63, 3.8) is 0 Å². The van der Waals surface area contributed by atoms with Crippen molar-refractivity contribution in [2.75, 3.05) is 40.0 Å². The number of halogens is 1. The molecule has 1 fully saturated rings. The van der Waals surface area contributed by atoms with Gasteiger partial charge in [0.15, 0.2) is 18.1 Å². The number of hydrogen-bond acceptors (Lipinski definition) is 7. The number of aromatic nitrogens is 2. The summed E-state index contributed by atoms with van der Waals surface area (Å²) in [5.41, 5.74) is 1.05. The zero-order chi connectivity index (χ0) is 23.4. The molecule has 0 radical (unpaired) electrons. The molecule has 2 aromatic carbocycles. The van der Waals surface area contributed by atoms with Crippen molar-refractivity contribution in [2.24, 2.45) is 5.10 Å². The molecule has 2 heterocycles. The van der Waals surface area contributed by atoms with Crippen molar-refractivity contribution in [2.45, 2.75) is 6.92 Å². The number of carbonyl (C=O) groups is 1. The van der Waals surface area contributed by atoms with Crippen LogP contribution < -0.4 is 15.0 Å². The maximum Gasteiger partial charge on any atom is 0.282 e. The van der Waals surface area contributed by atoms with Gasteiger partial charge in [-0.1, -0.05) is 15.9 Å². The molecule has 9 nitrogen and oxygen atoms in total. The summed E-state index contributed by atoms with van der Waals surface area (Å²) in [6.45, 7) is 3.84. The second-order valence-corrected chi connectivity index (χ2v) is 8.29. The van der Waals surface area contributed by atoms with Crippen molar-refractivity contribution < 1.29 is 19.0 Å². The van der Waals surface area contributed by atoms with Crippen LogP contribution in [0.25, 0.3) is 10.9 Å². The molecule has 0 unspecified atom stereocenters. The van der Waals surface area contributed by atoms with Gasteiger partial charge in [-0.2, -0.15) is 9.78 Å². The molecular weight excluding hydrogens is 492 g/mol. The zero-order valence-corrected chi connectivity index (χ0v) is 19.9. The van der Waals surface area contributed by atoms with Crippen molar-refractivity contribution >= 4 is 39.0 Å². The van der Waals surface area contributed by atoms with Crippen LogP contribution >= 0.6 is 15.9 Å². The minimum Gasteiger partial charge on any atom is -0.493 e. The molecule has 10 heteroatoms. The average Bonchev–Trinajstić information content (AvgIpc) is 2.83. The molecule has 0 saturated carbocycles. The van der Waals surface area contributed by atoms with Crippen LogP contribution in [0.5, 0.6) is 11.5 Å². The minimum absolute atomic E-state index is 0.0866. The highest BCUT2D eigenvalue weighted by molar-refractivity contribution is 9.10. The number of ether oxygens (including phenoxy) is 3. The first-order valence-electron chi connectivity index (χ1n) is 10.4. The van der Waals surface area contributed by atoms with E-state index in [0.717, 1.165) is 4.47 Å². The Hall–Kier alpha value is -3.24. The summed E-state index contributed by atoms with van der Waals surface area (Å²) in [5, 5.41) is 4.80. The van der Waals surface area contributed by atoms with Crippen molar-refractivity contribution in [3.05, 3.63) is 62.6 Å². The minimum atomic E-state index is -0.261. The van der Waals surface area contributed by atoms with Gasteiger partial charge in [0, 0.05) is 17.6 Å². The number of aryl methyl sites for hydroxylation is 1. The highest BCUT2D eigenvalue weighted by Gasteiger charge is 2.18. The van der Waals surface area contributed by atoms with Gasteiger partial charge in [-0.15, -0.1) is 0 Å². The summed E-state index contributed by atoms with van der Waals surface area (Å²) in [7, 11) is 1.52. The highest BCUT2D eigenvalue weighted by atomic mass is 79.9. The Labute approximate surface area is 198 Å². The molecule has 1 saturated heterocycles. The van der Waals surface area contributed by atoms with E-state index in [0.29, 0.717) is 60.1 Å². The Morgan fingerprint density at radius 1 is 1.21 bits per heavy atom. The van der Waals surface area contributed by atoms with Crippen LogP contribution in [0.15, 0.2) is 50.8 Å². The van der Waals surface area contributed by atoms with Crippen LogP contribution in [0, 0.1) is 6.92 Å². The van der Waals surface area contributed by atoms with Gasteiger partial charge in [0.1, 0.15) is 5.82 Å². The highest BCUT2D eigenvalue weighted by Crippen LogP contribution is 2.27. The first-order chi connectivity index (χ1) is 16.0. The molecule has 1 aliphatic heterocycles. The molecule has 0 spiro atoms. The lowest BCUT2D eigenvalue weighted by Crippen LogP contribution is -2.43. The van der Waals surface area contributed by atoms with Crippen LogP contribution in [0.4, 0.5) is 0 Å². The molecule has 1 amide bonds. The van der Waals surface area contributed by atoms with Crippen molar-refractivity contribution in [3.8, 4) is 11.5 Å². The van der Waals surface area contributed by atoms with Gasteiger partial charge < -0.3 is 19.1 Å². The summed E-state index contributed by atoms with van der Waals surface area (Å²) in [4.78, 5) is 31.4. The maximum absolute atomic E-state index is 12.9. The lowest BCUT2D eigenvalue weighted by Gasteiger charge is -2.26. The topological polar surface area (TPSA) is 95.2 Å². The lowest BCUT2D eigenvalue weighted by molar-refractivity contribution is -0.137. The number of benzene rings is 2. The fraction of sp³-hybridized carbons (Fsp3) is 0.304.